The average Bonchev–Trinajstić information content (AvgIpc) is 3.38. The van der Waals surface area contributed by atoms with Crippen molar-refractivity contribution >= 4 is 5.96 Å². The minimum Gasteiger partial charge on any atom is -0.497 e. The minimum atomic E-state index is 0.394. The van der Waals surface area contributed by atoms with Crippen LogP contribution < -0.4 is 15.4 Å². The number of hydrogen-bond acceptors (Lipinski definition) is 5. The van der Waals surface area contributed by atoms with Crippen molar-refractivity contribution in [2.75, 3.05) is 20.2 Å². The highest BCUT2D eigenvalue weighted by Gasteiger charge is 2.08. The lowest BCUT2D eigenvalue weighted by molar-refractivity contribution is 0.414. The fourth-order valence-corrected chi connectivity index (χ4v) is 2.50. The number of aromatic amines is 1. The van der Waals surface area contributed by atoms with Crippen molar-refractivity contribution < 1.29 is 9.15 Å². The first kappa shape index (κ1) is 18.5. The van der Waals surface area contributed by atoms with Gasteiger partial charge in [-0.25, -0.2) is 9.98 Å². The summed E-state index contributed by atoms with van der Waals surface area (Å²) in [6, 6.07) is 11.7. The molecule has 1 aromatic carbocycles. The molecule has 0 fully saturated rings. The second-order valence-electron chi connectivity index (χ2n) is 5.80. The van der Waals surface area contributed by atoms with Gasteiger partial charge in [-0.05, 0) is 43.2 Å². The SMILES string of the molecule is CCNC(=NCc1nc(-c2ccco2)n[nH]1)NCCc1ccc(OC)cc1. The van der Waals surface area contributed by atoms with Gasteiger partial charge in [-0.15, -0.1) is 5.10 Å². The van der Waals surface area contributed by atoms with Gasteiger partial charge in [0.15, 0.2) is 11.7 Å². The van der Waals surface area contributed by atoms with Crippen molar-refractivity contribution in [2.45, 2.75) is 19.9 Å². The van der Waals surface area contributed by atoms with E-state index in [2.05, 4.69) is 42.9 Å². The van der Waals surface area contributed by atoms with Crippen LogP contribution in [0.15, 0.2) is 52.1 Å². The van der Waals surface area contributed by atoms with Gasteiger partial charge in [0, 0.05) is 13.1 Å². The van der Waals surface area contributed by atoms with Crippen molar-refractivity contribution in [3.05, 3.63) is 54.0 Å². The molecular weight excluding hydrogens is 344 g/mol. The lowest BCUT2D eigenvalue weighted by Gasteiger charge is -2.11. The summed E-state index contributed by atoms with van der Waals surface area (Å²) in [4.78, 5) is 8.94. The second-order valence-corrected chi connectivity index (χ2v) is 5.80. The van der Waals surface area contributed by atoms with E-state index < -0.39 is 0 Å². The van der Waals surface area contributed by atoms with E-state index in [1.54, 1.807) is 19.4 Å². The molecule has 2 heterocycles. The monoisotopic (exact) mass is 368 g/mol. The van der Waals surface area contributed by atoms with E-state index in [1.807, 2.05) is 25.1 Å². The number of furan rings is 1. The predicted octanol–water partition coefficient (Wildman–Crippen LogP) is 2.37. The van der Waals surface area contributed by atoms with Gasteiger partial charge in [0.2, 0.25) is 5.82 Å². The molecule has 0 aliphatic carbocycles. The number of aliphatic imine (C=N–C) groups is 1. The number of aromatic nitrogens is 3. The van der Waals surface area contributed by atoms with Gasteiger partial charge in [0.1, 0.15) is 18.1 Å². The van der Waals surface area contributed by atoms with E-state index in [0.717, 1.165) is 31.2 Å². The number of guanidine groups is 1. The van der Waals surface area contributed by atoms with Crippen molar-refractivity contribution in [2.24, 2.45) is 4.99 Å². The molecular formula is C19H24N6O2. The van der Waals surface area contributed by atoms with Gasteiger partial charge in [0.25, 0.3) is 0 Å². The lowest BCUT2D eigenvalue weighted by Crippen LogP contribution is -2.38. The Balaban J connectivity index is 1.53. The number of nitrogens with one attached hydrogen (secondary N) is 3. The molecule has 0 saturated carbocycles. The Labute approximate surface area is 158 Å². The largest absolute Gasteiger partial charge is 0.497 e. The average molecular weight is 368 g/mol. The van der Waals surface area contributed by atoms with Crippen molar-refractivity contribution in [3.63, 3.8) is 0 Å². The molecule has 0 unspecified atom stereocenters. The molecule has 0 radical (unpaired) electrons. The Kier molecular flexibility index (Phi) is 6.45. The summed E-state index contributed by atoms with van der Waals surface area (Å²) in [5.41, 5.74) is 1.23. The molecule has 2 aromatic heterocycles. The molecule has 142 valence electrons. The van der Waals surface area contributed by atoms with Gasteiger partial charge in [-0.2, -0.15) is 0 Å². The highest BCUT2D eigenvalue weighted by Crippen LogP contribution is 2.14. The van der Waals surface area contributed by atoms with E-state index in [1.165, 1.54) is 5.56 Å². The molecule has 0 atom stereocenters. The van der Waals surface area contributed by atoms with E-state index in [-0.39, 0.29) is 0 Å². The van der Waals surface area contributed by atoms with E-state index in [9.17, 15) is 0 Å². The zero-order chi connectivity index (χ0) is 18.9. The highest BCUT2D eigenvalue weighted by molar-refractivity contribution is 5.79. The fraction of sp³-hybridized carbons (Fsp3) is 0.316. The minimum absolute atomic E-state index is 0.394. The number of methoxy groups -OCH3 is 1. The van der Waals surface area contributed by atoms with Crippen LogP contribution in [-0.2, 0) is 13.0 Å². The maximum absolute atomic E-state index is 5.29. The third-order valence-electron chi connectivity index (χ3n) is 3.87. The van der Waals surface area contributed by atoms with Gasteiger partial charge in [-0.1, -0.05) is 12.1 Å². The number of rotatable bonds is 8. The maximum atomic E-state index is 5.29. The number of nitrogens with zero attached hydrogens (tertiary/aromatic N) is 3. The first-order chi connectivity index (χ1) is 13.3. The number of benzene rings is 1. The number of hydrogen-bond donors (Lipinski definition) is 3. The molecule has 3 N–H and O–H groups in total. The summed E-state index contributed by atoms with van der Waals surface area (Å²) < 4.78 is 10.5. The van der Waals surface area contributed by atoms with E-state index in [0.29, 0.717) is 24.0 Å². The third-order valence-corrected chi connectivity index (χ3v) is 3.87. The van der Waals surface area contributed by atoms with Gasteiger partial charge in [0.05, 0.1) is 13.4 Å². The molecule has 0 saturated heterocycles. The molecule has 8 nitrogen and oxygen atoms in total. The smallest absolute Gasteiger partial charge is 0.216 e. The topological polar surface area (TPSA) is 100 Å². The van der Waals surface area contributed by atoms with Crippen LogP contribution in [-0.4, -0.2) is 41.3 Å². The maximum Gasteiger partial charge on any atom is 0.216 e. The van der Waals surface area contributed by atoms with Crippen LogP contribution >= 0.6 is 0 Å². The molecule has 0 amide bonds. The van der Waals surface area contributed by atoms with Crippen LogP contribution in [0, 0.1) is 0 Å². The van der Waals surface area contributed by atoms with Crippen LogP contribution in [0.1, 0.15) is 18.3 Å². The molecule has 3 aromatic rings. The van der Waals surface area contributed by atoms with Crippen molar-refractivity contribution in [1.29, 1.82) is 0 Å². The fourth-order valence-electron chi connectivity index (χ4n) is 2.50. The Morgan fingerprint density at radius 1 is 1.22 bits per heavy atom. The molecule has 3 rings (SSSR count). The first-order valence-electron chi connectivity index (χ1n) is 8.88. The normalized spacial score (nSPS) is 11.4. The Morgan fingerprint density at radius 2 is 2.07 bits per heavy atom. The van der Waals surface area contributed by atoms with E-state index in [4.69, 9.17) is 9.15 Å². The van der Waals surface area contributed by atoms with E-state index >= 15 is 0 Å². The molecule has 0 spiro atoms. The molecule has 0 aliphatic heterocycles. The zero-order valence-corrected chi connectivity index (χ0v) is 15.5. The predicted molar refractivity (Wildman–Crippen MR) is 104 cm³/mol. The van der Waals surface area contributed by atoms with Crippen LogP contribution in [0.4, 0.5) is 0 Å². The molecule has 0 bridgehead atoms. The summed E-state index contributed by atoms with van der Waals surface area (Å²) in [5, 5.41) is 13.6. The quantitative estimate of drug-likeness (QED) is 0.417. The number of H-pyrrole nitrogens is 1. The van der Waals surface area contributed by atoms with Crippen molar-refractivity contribution in [1.82, 2.24) is 25.8 Å². The second kappa shape index (κ2) is 9.42. The van der Waals surface area contributed by atoms with Crippen molar-refractivity contribution in [3.8, 4) is 17.3 Å². The molecule has 27 heavy (non-hydrogen) atoms. The summed E-state index contributed by atoms with van der Waals surface area (Å²) in [7, 11) is 1.67. The summed E-state index contributed by atoms with van der Waals surface area (Å²) in [6.07, 6.45) is 2.49. The third kappa shape index (κ3) is 5.34. The Hall–Kier alpha value is -3.29. The summed E-state index contributed by atoms with van der Waals surface area (Å²) in [5.74, 6) is 3.44. The zero-order valence-electron chi connectivity index (χ0n) is 15.5. The van der Waals surface area contributed by atoms with Crippen LogP contribution in [0.25, 0.3) is 11.6 Å². The Morgan fingerprint density at radius 3 is 2.78 bits per heavy atom. The standard InChI is InChI=1S/C19H24N6O2/c1-3-20-19(21-11-10-14-6-8-15(26-2)9-7-14)22-13-17-23-18(25-24-17)16-5-4-12-27-16/h4-9,12H,3,10-11,13H2,1-2H3,(H2,20,21,22)(H,23,24,25). The van der Waals surface area contributed by atoms with Crippen LogP contribution in [0.3, 0.4) is 0 Å². The van der Waals surface area contributed by atoms with Crippen LogP contribution in [0.5, 0.6) is 5.75 Å². The van der Waals surface area contributed by atoms with Gasteiger partial charge >= 0.3 is 0 Å². The molecule has 0 aliphatic rings. The highest BCUT2D eigenvalue weighted by atomic mass is 16.5. The molecule has 8 heteroatoms. The first-order valence-corrected chi connectivity index (χ1v) is 8.88. The summed E-state index contributed by atoms with van der Waals surface area (Å²) >= 11 is 0. The summed E-state index contributed by atoms with van der Waals surface area (Å²) in [6.45, 7) is 3.98. The van der Waals surface area contributed by atoms with Crippen LogP contribution in [0.2, 0.25) is 0 Å². The Bertz CT molecular complexity index is 839. The lowest BCUT2D eigenvalue weighted by atomic mass is 10.1. The number of ether oxygens (including phenoxy) is 1. The van der Waals surface area contributed by atoms with Gasteiger partial charge in [-0.3, -0.25) is 5.10 Å². The van der Waals surface area contributed by atoms with Gasteiger partial charge < -0.3 is 19.8 Å².